The maximum absolute atomic E-state index is 13.2. The molecule has 4 aromatic heterocycles. The van der Waals surface area contributed by atoms with Crippen molar-refractivity contribution in [2.45, 2.75) is 39.8 Å². The molecule has 0 radical (unpaired) electrons. The molecule has 0 unspecified atom stereocenters. The predicted molar refractivity (Wildman–Crippen MR) is 144 cm³/mol. The number of hydrogen-bond acceptors (Lipinski definition) is 8. The molecule has 0 saturated carbocycles. The Bertz CT molecular complexity index is 1300. The topological polar surface area (TPSA) is 108 Å². The summed E-state index contributed by atoms with van der Waals surface area (Å²) in [6.07, 6.45) is 3.59. The van der Waals surface area contributed by atoms with Gasteiger partial charge in [-0.05, 0) is 56.6 Å². The van der Waals surface area contributed by atoms with Crippen LogP contribution in [0.15, 0.2) is 48.1 Å². The van der Waals surface area contributed by atoms with Crippen LogP contribution in [-0.2, 0) is 0 Å². The van der Waals surface area contributed by atoms with Crippen molar-refractivity contribution in [3.05, 3.63) is 53.7 Å². The quantitative estimate of drug-likeness (QED) is 0.284. The predicted octanol–water partition coefficient (Wildman–Crippen LogP) is 3.77. The summed E-state index contributed by atoms with van der Waals surface area (Å²) in [4.78, 5) is 26.1. The van der Waals surface area contributed by atoms with Gasteiger partial charge in [-0.2, -0.15) is 5.10 Å². The van der Waals surface area contributed by atoms with E-state index in [1.807, 2.05) is 36.7 Å². The third-order valence-corrected chi connectivity index (χ3v) is 7.06. The van der Waals surface area contributed by atoms with Gasteiger partial charge in [0.05, 0.1) is 34.6 Å². The number of anilines is 1. The summed E-state index contributed by atoms with van der Waals surface area (Å²) < 4.78 is 1.70. The van der Waals surface area contributed by atoms with Gasteiger partial charge in [-0.3, -0.25) is 9.69 Å². The molecule has 0 bridgehead atoms. The minimum absolute atomic E-state index is 0.0583. The first-order valence-corrected chi connectivity index (χ1v) is 13.1. The van der Waals surface area contributed by atoms with Gasteiger partial charge in [0.25, 0.3) is 5.91 Å². The Morgan fingerprint density at radius 1 is 1.17 bits per heavy atom. The van der Waals surface area contributed by atoms with Crippen LogP contribution < -0.4 is 10.6 Å². The number of amides is 1. The molecule has 10 heteroatoms. The Morgan fingerprint density at radius 2 is 1.97 bits per heavy atom. The first-order chi connectivity index (χ1) is 17.4. The average Bonchev–Trinajstić information content (AvgIpc) is 3.57. The lowest BCUT2D eigenvalue weighted by atomic mass is 10.1. The van der Waals surface area contributed by atoms with Crippen molar-refractivity contribution < 1.29 is 9.90 Å². The van der Waals surface area contributed by atoms with E-state index in [0.717, 1.165) is 29.2 Å². The van der Waals surface area contributed by atoms with Gasteiger partial charge in [-0.15, -0.1) is 11.3 Å². The van der Waals surface area contributed by atoms with Gasteiger partial charge in [0.1, 0.15) is 5.82 Å². The number of carbonyl (C=O) groups excluding carboxylic acids is 1. The summed E-state index contributed by atoms with van der Waals surface area (Å²) in [7, 11) is 0. The minimum Gasteiger partial charge on any atom is -0.394 e. The lowest BCUT2D eigenvalue weighted by Crippen LogP contribution is -2.42. The summed E-state index contributed by atoms with van der Waals surface area (Å²) >= 11 is 1.62. The van der Waals surface area contributed by atoms with Crippen LogP contribution in [0, 0.1) is 0 Å². The van der Waals surface area contributed by atoms with E-state index in [1.165, 1.54) is 0 Å². The van der Waals surface area contributed by atoms with Gasteiger partial charge < -0.3 is 15.7 Å². The number of nitrogens with zero attached hydrogens (tertiary/aromatic N) is 5. The molecule has 0 aliphatic carbocycles. The number of pyridine rings is 1. The highest BCUT2D eigenvalue weighted by Gasteiger charge is 2.18. The van der Waals surface area contributed by atoms with Crippen molar-refractivity contribution in [3.63, 3.8) is 0 Å². The second-order valence-electron chi connectivity index (χ2n) is 8.75. The number of nitrogens with one attached hydrogen (secondary N) is 2. The summed E-state index contributed by atoms with van der Waals surface area (Å²) in [5.74, 6) is 0.325. The Balaban J connectivity index is 1.69. The molecule has 3 N–H and O–H groups in total. The number of likely N-dealkylation sites (N-methyl/N-ethyl adjacent to an activating group) is 1. The highest BCUT2D eigenvalue weighted by molar-refractivity contribution is 7.13. The molecular formula is C26H33N7O2S. The molecule has 0 aliphatic rings. The fourth-order valence-electron chi connectivity index (χ4n) is 4.10. The molecule has 2 atom stereocenters. The van der Waals surface area contributed by atoms with Crippen molar-refractivity contribution in [1.29, 1.82) is 0 Å². The van der Waals surface area contributed by atoms with Crippen molar-refractivity contribution in [1.82, 2.24) is 29.8 Å². The van der Waals surface area contributed by atoms with Crippen LogP contribution in [0.2, 0.25) is 0 Å². The maximum atomic E-state index is 13.2. The van der Waals surface area contributed by atoms with E-state index in [-0.39, 0.29) is 24.6 Å². The fraction of sp³-hybridized carbons (Fsp3) is 0.385. The normalized spacial score (nSPS) is 13.2. The number of fused-ring (bicyclic) bond motifs is 1. The van der Waals surface area contributed by atoms with Crippen molar-refractivity contribution in [3.8, 4) is 21.8 Å². The third-order valence-electron chi connectivity index (χ3n) is 6.17. The Hall–Kier alpha value is -3.34. The second kappa shape index (κ2) is 11.6. The van der Waals surface area contributed by atoms with Crippen LogP contribution in [0.5, 0.6) is 0 Å². The average molecular weight is 508 g/mol. The number of thiophene rings is 1. The highest BCUT2D eigenvalue weighted by Crippen LogP contribution is 2.28. The Labute approximate surface area is 215 Å². The lowest BCUT2D eigenvalue weighted by molar-refractivity contribution is 0.0938. The SMILES string of the molecule is CCN(CC)[C@@H](C)CNC(=O)c1cc(N[C@H](C)CO)nc(-c2cnn3ccc(-c4cccs4)nc23)c1. The van der Waals surface area contributed by atoms with Gasteiger partial charge in [0, 0.05) is 30.4 Å². The van der Waals surface area contributed by atoms with Gasteiger partial charge in [0.2, 0.25) is 0 Å². The van der Waals surface area contributed by atoms with E-state index < -0.39 is 0 Å². The molecule has 0 spiro atoms. The number of carbonyl (C=O) groups is 1. The summed E-state index contributed by atoms with van der Waals surface area (Å²) in [6.45, 7) is 10.5. The Morgan fingerprint density at radius 3 is 2.67 bits per heavy atom. The first kappa shape index (κ1) is 25.7. The van der Waals surface area contributed by atoms with E-state index in [9.17, 15) is 9.90 Å². The van der Waals surface area contributed by atoms with Crippen LogP contribution in [-0.4, -0.2) is 73.8 Å². The maximum Gasteiger partial charge on any atom is 0.251 e. The van der Waals surface area contributed by atoms with Gasteiger partial charge in [-0.1, -0.05) is 19.9 Å². The molecule has 4 heterocycles. The van der Waals surface area contributed by atoms with Gasteiger partial charge in [0.15, 0.2) is 5.65 Å². The van der Waals surface area contributed by atoms with Crippen LogP contribution in [0.25, 0.3) is 27.5 Å². The molecule has 0 saturated heterocycles. The van der Waals surface area contributed by atoms with E-state index >= 15 is 0 Å². The van der Waals surface area contributed by atoms with Crippen LogP contribution >= 0.6 is 11.3 Å². The number of aromatic nitrogens is 4. The number of aliphatic hydroxyl groups is 1. The summed E-state index contributed by atoms with van der Waals surface area (Å²) in [6, 6.07) is 9.43. The molecule has 4 rings (SSSR count). The molecule has 9 nitrogen and oxygen atoms in total. The zero-order valence-corrected chi connectivity index (χ0v) is 21.9. The monoisotopic (exact) mass is 507 g/mol. The first-order valence-electron chi connectivity index (χ1n) is 12.2. The molecule has 0 fully saturated rings. The van der Waals surface area contributed by atoms with Crippen molar-refractivity contribution in [2.24, 2.45) is 0 Å². The molecule has 0 aliphatic heterocycles. The molecule has 36 heavy (non-hydrogen) atoms. The summed E-state index contributed by atoms with van der Waals surface area (Å²) in [5.41, 5.74) is 3.29. The number of aliphatic hydroxyl groups excluding tert-OH is 1. The minimum atomic E-state index is -0.223. The van der Waals surface area contributed by atoms with Gasteiger partial charge >= 0.3 is 0 Å². The Kier molecular flexibility index (Phi) is 8.29. The van der Waals surface area contributed by atoms with Gasteiger partial charge in [-0.25, -0.2) is 14.5 Å². The van der Waals surface area contributed by atoms with Crippen LogP contribution in [0.1, 0.15) is 38.1 Å². The second-order valence-corrected chi connectivity index (χ2v) is 9.70. The molecular weight excluding hydrogens is 474 g/mol. The molecule has 190 valence electrons. The lowest BCUT2D eigenvalue weighted by Gasteiger charge is -2.26. The zero-order chi connectivity index (χ0) is 25.7. The molecule has 0 aromatic carbocycles. The zero-order valence-electron chi connectivity index (χ0n) is 21.1. The third kappa shape index (κ3) is 5.72. The van der Waals surface area contributed by atoms with E-state index in [4.69, 9.17) is 9.97 Å². The molecule has 1 amide bonds. The largest absolute Gasteiger partial charge is 0.394 e. The van der Waals surface area contributed by atoms with E-state index in [0.29, 0.717) is 29.3 Å². The smallest absolute Gasteiger partial charge is 0.251 e. The van der Waals surface area contributed by atoms with E-state index in [1.54, 1.807) is 34.2 Å². The highest BCUT2D eigenvalue weighted by atomic mass is 32.1. The van der Waals surface area contributed by atoms with Crippen molar-refractivity contribution in [2.75, 3.05) is 31.6 Å². The number of rotatable bonds is 11. The molecule has 4 aromatic rings. The number of hydrogen-bond donors (Lipinski definition) is 3. The summed E-state index contributed by atoms with van der Waals surface area (Å²) in [5, 5.41) is 22.2. The van der Waals surface area contributed by atoms with Crippen LogP contribution in [0.4, 0.5) is 5.82 Å². The van der Waals surface area contributed by atoms with Crippen molar-refractivity contribution >= 4 is 28.7 Å². The van der Waals surface area contributed by atoms with E-state index in [2.05, 4.69) is 41.4 Å². The standard InChI is InChI=1S/C26H33N7O2S/c1-5-32(6-2)18(4)14-27-26(35)19-12-22(30-24(13-19)29-17(3)16-34)20-15-28-33-10-9-21(31-25(20)33)23-8-7-11-36-23/h7-13,15,17-18,34H,5-6,14,16H2,1-4H3,(H,27,35)(H,29,30)/t17-,18+/m1/s1. The fourth-order valence-corrected chi connectivity index (χ4v) is 4.80. The van der Waals surface area contributed by atoms with Crippen LogP contribution in [0.3, 0.4) is 0 Å².